The average molecular weight is 236 g/mol. The summed E-state index contributed by atoms with van der Waals surface area (Å²) in [5.41, 5.74) is 5.09. The van der Waals surface area contributed by atoms with Crippen LogP contribution in [0.4, 0.5) is 0 Å². The molecule has 4 nitrogen and oxygen atoms in total. The molecule has 16 heavy (non-hydrogen) atoms. The summed E-state index contributed by atoms with van der Waals surface area (Å²) in [4.78, 5) is 10.4. The number of benzene rings is 1. The van der Waals surface area contributed by atoms with Gasteiger partial charge in [-0.1, -0.05) is 12.1 Å². The van der Waals surface area contributed by atoms with Crippen molar-refractivity contribution in [2.24, 2.45) is 0 Å². The van der Waals surface area contributed by atoms with Crippen molar-refractivity contribution in [3.8, 4) is 6.07 Å². The second-order valence-corrected chi connectivity index (χ2v) is 4.37. The van der Waals surface area contributed by atoms with Crippen molar-refractivity contribution in [3.63, 3.8) is 0 Å². The Morgan fingerprint density at radius 1 is 1.62 bits per heavy atom. The molecule has 1 atom stereocenters. The third kappa shape index (κ3) is 3.93. The maximum atomic E-state index is 10.4. The van der Waals surface area contributed by atoms with Crippen LogP contribution < -0.4 is 10.8 Å². The van der Waals surface area contributed by atoms with E-state index in [0.29, 0.717) is 17.1 Å². The minimum atomic E-state index is -1.13. The molecule has 0 unspecified atom stereocenters. The van der Waals surface area contributed by atoms with Crippen molar-refractivity contribution in [1.82, 2.24) is 0 Å². The van der Waals surface area contributed by atoms with Gasteiger partial charge in [0.15, 0.2) is 0 Å². The lowest BCUT2D eigenvalue weighted by molar-refractivity contribution is -0.431. The van der Waals surface area contributed by atoms with E-state index < -0.39 is 12.0 Å². The molecule has 0 aliphatic carbocycles. The minimum Gasteiger partial charge on any atom is -0.544 e. The second kappa shape index (κ2) is 6.16. The molecule has 0 saturated heterocycles. The number of thioether (sulfide) groups is 1. The summed E-state index contributed by atoms with van der Waals surface area (Å²) in [6, 6.07) is 8.62. The molecule has 0 fully saturated rings. The Balaban J connectivity index is 2.43. The minimum absolute atomic E-state index is 0.416. The smallest absolute Gasteiger partial charge is 0.134 e. The molecular formula is C11H12N2O2S. The van der Waals surface area contributed by atoms with Gasteiger partial charge in [0.05, 0.1) is 23.4 Å². The van der Waals surface area contributed by atoms with E-state index in [9.17, 15) is 9.90 Å². The molecule has 84 valence electrons. The van der Waals surface area contributed by atoms with Crippen LogP contribution in [0.5, 0.6) is 0 Å². The fraction of sp³-hybridized carbons (Fsp3) is 0.273. The van der Waals surface area contributed by atoms with Crippen molar-refractivity contribution < 1.29 is 15.6 Å². The number of nitriles is 1. The van der Waals surface area contributed by atoms with E-state index in [-0.39, 0.29) is 0 Å². The SMILES string of the molecule is N#Cc1cccc(CSC[C@H]([NH3+])C(=O)[O-])c1. The fourth-order valence-corrected chi connectivity index (χ4v) is 2.07. The third-order valence-corrected chi connectivity index (χ3v) is 3.15. The lowest BCUT2D eigenvalue weighted by Crippen LogP contribution is -2.69. The Bertz CT molecular complexity index is 415. The van der Waals surface area contributed by atoms with Gasteiger partial charge in [0.1, 0.15) is 6.04 Å². The number of carboxylic acid groups (broad SMARTS) is 1. The van der Waals surface area contributed by atoms with Crippen LogP contribution in [0.15, 0.2) is 24.3 Å². The summed E-state index contributed by atoms with van der Waals surface area (Å²) >= 11 is 1.47. The summed E-state index contributed by atoms with van der Waals surface area (Å²) in [6.07, 6.45) is 0. The second-order valence-electron chi connectivity index (χ2n) is 3.34. The molecule has 5 heteroatoms. The molecule has 0 aromatic heterocycles. The van der Waals surface area contributed by atoms with Gasteiger partial charge in [0.2, 0.25) is 0 Å². The highest BCUT2D eigenvalue weighted by Crippen LogP contribution is 2.13. The van der Waals surface area contributed by atoms with Crippen LogP contribution in [-0.2, 0) is 10.5 Å². The van der Waals surface area contributed by atoms with E-state index >= 15 is 0 Å². The topological polar surface area (TPSA) is 91.6 Å². The number of hydrogen-bond acceptors (Lipinski definition) is 4. The first-order valence-electron chi connectivity index (χ1n) is 4.74. The normalized spacial score (nSPS) is 11.8. The van der Waals surface area contributed by atoms with Crippen LogP contribution in [-0.4, -0.2) is 17.8 Å². The summed E-state index contributed by atoms with van der Waals surface area (Å²) in [5.74, 6) is -0.0354. The summed E-state index contributed by atoms with van der Waals surface area (Å²) < 4.78 is 0. The number of nitrogens with zero attached hydrogens (tertiary/aromatic N) is 1. The molecule has 0 saturated carbocycles. The van der Waals surface area contributed by atoms with E-state index in [1.54, 1.807) is 12.1 Å². The van der Waals surface area contributed by atoms with Gasteiger partial charge >= 0.3 is 0 Å². The molecule has 1 aromatic carbocycles. The first-order valence-corrected chi connectivity index (χ1v) is 5.89. The molecule has 0 aliphatic heterocycles. The predicted octanol–water partition coefficient (Wildman–Crippen LogP) is -0.848. The van der Waals surface area contributed by atoms with Gasteiger partial charge in [0, 0.05) is 5.75 Å². The largest absolute Gasteiger partial charge is 0.544 e. The summed E-state index contributed by atoms with van der Waals surface area (Å²) in [7, 11) is 0. The Hall–Kier alpha value is -1.51. The first-order chi connectivity index (χ1) is 7.63. The summed E-state index contributed by atoms with van der Waals surface area (Å²) in [5, 5.41) is 19.1. The molecular weight excluding hydrogens is 224 g/mol. The predicted molar refractivity (Wildman–Crippen MR) is 59.0 cm³/mol. The molecule has 0 spiro atoms. The van der Waals surface area contributed by atoms with Crippen molar-refractivity contribution in [2.45, 2.75) is 11.8 Å². The van der Waals surface area contributed by atoms with E-state index in [0.717, 1.165) is 5.56 Å². The molecule has 0 amide bonds. The highest BCUT2D eigenvalue weighted by atomic mass is 32.2. The van der Waals surface area contributed by atoms with E-state index in [2.05, 4.69) is 11.8 Å². The monoisotopic (exact) mass is 236 g/mol. The van der Waals surface area contributed by atoms with E-state index in [1.807, 2.05) is 12.1 Å². The van der Waals surface area contributed by atoms with Gasteiger partial charge in [-0.15, -0.1) is 0 Å². The van der Waals surface area contributed by atoms with Crippen LogP contribution in [0.3, 0.4) is 0 Å². The van der Waals surface area contributed by atoms with Crippen LogP contribution in [0.25, 0.3) is 0 Å². The van der Waals surface area contributed by atoms with Gasteiger partial charge in [-0.05, 0) is 17.7 Å². The lowest BCUT2D eigenvalue weighted by atomic mass is 10.2. The number of carboxylic acids is 1. The van der Waals surface area contributed by atoms with Crippen LogP contribution in [0, 0.1) is 11.3 Å². The molecule has 0 heterocycles. The van der Waals surface area contributed by atoms with Crippen LogP contribution in [0.2, 0.25) is 0 Å². The van der Waals surface area contributed by atoms with Crippen molar-refractivity contribution >= 4 is 17.7 Å². The molecule has 1 aromatic rings. The lowest BCUT2D eigenvalue weighted by Gasteiger charge is -2.08. The van der Waals surface area contributed by atoms with Crippen LogP contribution >= 0.6 is 11.8 Å². The number of rotatable bonds is 5. The van der Waals surface area contributed by atoms with Crippen molar-refractivity contribution in [3.05, 3.63) is 35.4 Å². The first kappa shape index (κ1) is 12.6. The molecule has 0 aliphatic rings. The number of carbonyl (C=O) groups excluding carboxylic acids is 1. The van der Waals surface area contributed by atoms with Gasteiger partial charge in [-0.2, -0.15) is 17.0 Å². The van der Waals surface area contributed by atoms with Crippen molar-refractivity contribution in [1.29, 1.82) is 5.26 Å². The average Bonchev–Trinajstić information content (AvgIpc) is 2.29. The Kier molecular flexibility index (Phi) is 4.83. The maximum absolute atomic E-state index is 10.4. The van der Waals surface area contributed by atoms with Crippen LogP contribution in [0.1, 0.15) is 11.1 Å². The van der Waals surface area contributed by atoms with Crippen molar-refractivity contribution in [2.75, 3.05) is 5.75 Å². The summed E-state index contributed by atoms with van der Waals surface area (Å²) in [6.45, 7) is 0. The number of hydrogen-bond donors (Lipinski definition) is 1. The quantitative estimate of drug-likeness (QED) is 0.721. The molecule has 0 radical (unpaired) electrons. The Morgan fingerprint density at radius 2 is 2.38 bits per heavy atom. The Morgan fingerprint density at radius 3 is 3.00 bits per heavy atom. The fourth-order valence-electron chi connectivity index (χ4n) is 1.12. The van der Waals surface area contributed by atoms with Gasteiger partial charge in [-0.25, -0.2) is 0 Å². The highest BCUT2D eigenvalue weighted by molar-refractivity contribution is 7.98. The molecule has 0 bridgehead atoms. The van der Waals surface area contributed by atoms with Gasteiger partial charge < -0.3 is 15.6 Å². The third-order valence-electron chi connectivity index (χ3n) is 1.98. The zero-order chi connectivity index (χ0) is 12.0. The maximum Gasteiger partial charge on any atom is 0.134 e. The molecule has 1 rings (SSSR count). The Labute approximate surface area is 98.1 Å². The highest BCUT2D eigenvalue weighted by Gasteiger charge is 2.06. The zero-order valence-corrected chi connectivity index (χ0v) is 9.50. The molecule has 3 N–H and O–H groups in total. The van der Waals surface area contributed by atoms with E-state index in [1.165, 1.54) is 11.8 Å². The number of carbonyl (C=O) groups is 1. The van der Waals surface area contributed by atoms with Gasteiger partial charge in [0.25, 0.3) is 0 Å². The number of aliphatic carboxylic acids is 1. The van der Waals surface area contributed by atoms with Gasteiger partial charge in [-0.3, -0.25) is 0 Å². The zero-order valence-electron chi connectivity index (χ0n) is 8.68. The standard InChI is InChI=1S/C11H12N2O2S/c12-5-8-2-1-3-9(4-8)6-16-7-10(13)11(14)15/h1-4,10H,6-7,13H2,(H,14,15)/t10-/m0/s1. The van der Waals surface area contributed by atoms with E-state index in [4.69, 9.17) is 5.26 Å². The number of quaternary nitrogens is 1.